The molecule has 5 N–H and O–H groups in total. The molecule has 6 aromatic rings. The van der Waals surface area contributed by atoms with Crippen molar-refractivity contribution in [2.75, 3.05) is 66.2 Å². The Morgan fingerprint density at radius 3 is 2.48 bits per heavy atom. The molecule has 0 aliphatic carbocycles. The van der Waals surface area contributed by atoms with Crippen LogP contribution in [-0.4, -0.2) is 91.5 Å². The van der Waals surface area contributed by atoms with E-state index in [4.69, 9.17) is 4.74 Å². The zero-order valence-corrected chi connectivity index (χ0v) is 35.0. The number of anilines is 4. The van der Waals surface area contributed by atoms with Gasteiger partial charge in [-0.15, -0.1) is 11.8 Å². The molecule has 17 heteroatoms. The maximum atomic E-state index is 13.6. The third kappa shape index (κ3) is 9.89. The van der Waals surface area contributed by atoms with Crippen LogP contribution in [0.3, 0.4) is 0 Å². The Balaban J connectivity index is 0.935. The first-order valence-corrected chi connectivity index (χ1v) is 22.9. The van der Waals surface area contributed by atoms with Crippen LogP contribution in [0.25, 0.3) is 10.2 Å². The minimum absolute atomic E-state index is 0.0211. The SMILES string of the molecule is O=C(NS(=O)(=O)c1ccc(N[C@H](CCN2CCOCC2)CSc2ccccc2)c(NO)c1)c1cccc(N2CCc3cccc(C(=O)Nc4nc5ccccc5s4)c3C2)n1. The fourth-order valence-electron chi connectivity index (χ4n) is 7.24. The number of para-hydroxylation sites is 1. The lowest BCUT2D eigenvalue weighted by atomic mass is 9.94. The van der Waals surface area contributed by atoms with Crippen LogP contribution in [0.1, 0.15) is 38.4 Å². The molecule has 4 heterocycles. The van der Waals surface area contributed by atoms with Gasteiger partial charge in [0.05, 0.1) is 39.7 Å². The molecule has 1 saturated heterocycles. The number of amides is 2. The highest BCUT2D eigenvalue weighted by molar-refractivity contribution is 7.99. The number of ether oxygens (including phenoxy) is 1. The number of carbonyl (C=O) groups excluding carboxylic acids is 2. The van der Waals surface area contributed by atoms with E-state index < -0.39 is 15.9 Å². The van der Waals surface area contributed by atoms with Gasteiger partial charge in [0.15, 0.2) is 5.13 Å². The van der Waals surface area contributed by atoms with Gasteiger partial charge in [-0.3, -0.25) is 30.5 Å². The second-order valence-corrected chi connectivity index (χ2v) is 18.2. The van der Waals surface area contributed by atoms with Crippen molar-refractivity contribution in [3.8, 4) is 0 Å². The topological polar surface area (TPSA) is 178 Å². The summed E-state index contributed by atoms with van der Waals surface area (Å²) in [6.45, 7) is 4.90. The van der Waals surface area contributed by atoms with Crippen LogP contribution in [-0.2, 0) is 27.7 Å². The van der Waals surface area contributed by atoms with Crippen LogP contribution >= 0.6 is 23.1 Å². The van der Waals surface area contributed by atoms with E-state index in [2.05, 4.69) is 47.8 Å². The number of morpholine rings is 1. The fraction of sp³-hybridized carbons (Fsp3) is 0.256. The Morgan fingerprint density at radius 2 is 1.67 bits per heavy atom. The number of thiazole rings is 1. The highest BCUT2D eigenvalue weighted by atomic mass is 32.2. The normalized spacial score (nSPS) is 14.9. The van der Waals surface area contributed by atoms with Crippen LogP contribution in [0.2, 0.25) is 0 Å². The van der Waals surface area contributed by atoms with E-state index >= 15 is 0 Å². The van der Waals surface area contributed by atoms with Gasteiger partial charge in [0.2, 0.25) is 0 Å². The first-order valence-electron chi connectivity index (χ1n) is 19.6. The Labute approximate surface area is 356 Å². The Kier molecular flexibility index (Phi) is 12.9. The summed E-state index contributed by atoms with van der Waals surface area (Å²) in [5.74, 6) is 0.00953. The number of aromatic nitrogens is 2. The minimum atomic E-state index is -4.39. The first-order chi connectivity index (χ1) is 29.2. The summed E-state index contributed by atoms with van der Waals surface area (Å²) in [6.07, 6.45) is 1.44. The van der Waals surface area contributed by atoms with Crippen molar-refractivity contribution in [2.24, 2.45) is 0 Å². The van der Waals surface area contributed by atoms with Crippen molar-refractivity contribution < 1.29 is 28.0 Å². The van der Waals surface area contributed by atoms with Crippen molar-refractivity contribution in [1.29, 1.82) is 0 Å². The van der Waals surface area contributed by atoms with Crippen LogP contribution in [0.4, 0.5) is 22.3 Å². The Hall–Kier alpha value is -5.56. The summed E-state index contributed by atoms with van der Waals surface area (Å²) >= 11 is 3.12. The van der Waals surface area contributed by atoms with Gasteiger partial charge in [0.1, 0.15) is 11.5 Å². The van der Waals surface area contributed by atoms with E-state index in [1.165, 1.54) is 29.5 Å². The van der Waals surface area contributed by atoms with Gasteiger partial charge in [-0.05, 0) is 84.6 Å². The zero-order chi connectivity index (χ0) is 41.5. The summed E-state index contributed by atoms with van der Waals surface area (Å²) in [7, 11) is -4.39. The highest BCUT2D eigenvalue weighted by Crippen LogP contribution is 2.31. The number of hydrogen-bond acceptors (Lipinski definition) is 14. The molecular weight excluding hydrogens is 821 g/mol. The van der Waals surface area contributed by atoms with Crippen molar-refractivity contribution in [3.05, 3.63) is 132 Å². The predicted octanol–water partition coefficient (Wildman–Crippen LogP) is 6.72. The molecule has 4 aromatic carbocycles. The monoisotopic (exact) mass is 864 g/mol. The number of benzene rings is 4. The van der Waals surface area contributed by atoms with Gasteiger partial charge in [0.25, 0.3) is 21.8 Å². The lowest BCUT2D eigenvalue weighted by Gasteiger charge is -2.31. The van der Waals surface area contributed by atoms with Crippen LogP contribution in [0.15, 0.2) is 119 Å². The predicted molar refractivity (Wildman–Crippen MR) is 236 cm³/mol. The molecule has 60 heavy (non-hydrogen) atoms. The van der Waals surface area contributed by atoms with E-state index in [0.717, 1.165) is 58.0 Å². The summed E-state index contributed by atoms with van der Waals surface area (Å²) in [5, 5.41) is 17.1. The quantitative estimate of drug-likeness (QED) is 0.0544. The number of fused-ring (bicyclic) bond motifs is 2. The van der Waals surface area contributed by atoms with E-state index in [1.54, 1.807) is 36.0 Å². The average molecular weight is 865 g/mol. The molecule has 1 atom stereocenters. The van der Waals surface area contributed by atoms with Crippen molar-refractivity contribution in [3.63, 3.8) is 0 Å². The van der Waals surface area contributed by atoms with Gasteiger partial charge in [-0.25, -0.2) is 23.1 Å². The van der Waals surface area contributed by atoms with Gasteiger partial charge < -0.3 is 15.0 Å². The molecule has 0 saturated carbocycles. The van der Waals surface area contributed by atoms with Crippen LogP contribution < -0.4 is 25.7 Å². The molecule has 0 bridgehead atoms. The minimum Gasteiger partial charge on any atom is -0.380 e. The van der Waals surface area contributed by atoms with Crippen molar-refractivity contribution in [1.82, 2.24) is 19.6 Å². The van der Waals surface area contributed by atoms with E-state index in [1.807, 2.05) is 59.5 Å². The molecule has 2 aliphatic heterocycles. The third-order valence-corrected chi connectivity index (χ3v) is 13.9. The summed E-state index contributed by atoms with van der Waals surface area (Å²) < 4.78 is 35.8. The second-order valence-electron chi connectivity index (χ2n) is 14.4. The maximum Gasteiger partial charge on any atom is 0.283 e. The number of thioether (sulfide) groups is 1. The number of nitrogens with zero attached hydrogens (tertiary/aromatic N) is 4. The van der Waals surface area contributed by atoms with E-state index in [0.29, 0.717) is 54.9 Å². The molecule has 0 spiro atoms. The highest BCUT2D eigenvalue weighted by Gasteiger charge is 2.26. The lowest BCUT2D eigenvalue weighted by Crippen LogP contribution is -2.39. The van der Waals surface area contributed by atoms with E-state index in [9.17, 15) is 23.2 Å². The number of nitrogens with one attached hydrogen (secondary N) is 4. The fourth-order valence-corrected chi connectivity index (χ4v) is 10.1. The van der Waals surface area contributed by atoms with Crippen molar-refractivity contribution in [2.45, 2.75) is 35.2 Å². The number of carbonyl (C=O) groups is 2. The van der Waals surface area contributed by atoms with Gasteiger partial charge >= 0.3 is 0 Å². The molecule has 310 valence electrons. The van der Waals surface area contributed by atoms with Gasteiger partial charge in [0, 0.05) is 55.0 Å². The Bertz CT molecular complexity index is 2550. The molecule has 2 amide bonds. The van der Waals surface area contributed by atoms with Crippen LogP contribution in [0, 0.1) is 0 Å². The molecule has 2 aliphatic rings. The van der Waals surface area contributed by atoms with E-state index in [-0.39, 0.29) is 28.2 Å². The number of pyridine rings is 1. The van der Waals surface area contributed by atoms with Crippen molar-refractivity contribution >= 4 is 77.5 Å². The van der Waals surface area contributed by atoms with Gasteiger partial charge in [-0.1, -0.05) is 59.9 Å². The first kappa shape index (κ1) is 41.2. The maximum absolute atomic E-state index is 13.6. The standard InChI is InChI=1S/C43H44N8O6S3/c52-41(47-43-46-36-12-4-5-14-39(36)59-43)33-11-6-8-29-18-21-51(27-34(29)33)40-15-7-13-37(45-40)42(53)49-60(55,56)32-16-17-35(38(26-32)48-54)44-30(19-20-50-22-24-57-25-23-50)28-58-31-9-2-1-3-10-31/h1-17,26,30,44,48,54H,18-25,27-28H2,(H,49,53)(H,46,47,52)/t30-/m1/s1. The summed E-state index contributed by atoms with van der Waals surface area (Å²) in [6, 6.07) is 32.5. The lowest BCUT2D eigenvalue weighted by molar-refractivity contribution is 0.0370. The molecule has 1 fully saturated rings. The Morgan fingerprint density at radius 1 is 0.867 bits per heavy atom. The molecule has 0 radical (unpaired) electrons. The molecule has 0 unspecified atom stereocenters. The number of sulfonamides is 1. The molecule has 8 rings (SSSR count). The average Bonchev–Trinajstić information content (AvgIpc) is 3.70. The summed E-state index contributed by atoms with van der Waals surface area (Å²) in [5.41, 5.74) is 5.91. The largest absolute Gasteiger partial charge is 0.380 e. The molecular formula is C43H44N8O6S3. The number of hydrogen-bond donors (Lipinski definition) is 5. The number of rotatable bonds is 15. The van der Waals surface area contributed by atoms with Crippen LogP contribution in [0.5, 0.6) is 0 Å². The summed E-state index contributed by atoms with van der Waals surface area (Å²) in [4.78, 5) is 41.4. The zero-order valence-electron chi connectivity index (χ0n) is 32.5. The molecule has 14 nitrogen and oxygen atoms in total. The van der Waals surface area contributed by atoms with Gasteiger partial charge in [-0.2, -0.15) is 0 Å². The second kappa shape index (κ2) is 18.8. The molecule has 2 aromatic heterocycles. The smallest absolute Gasteiger partial charge is 0.283 e. The third-order valence-electron chi connectivity index (χ3n) is 10.4.